The molecular weight excluding hydrogens is 216 g/mol. The molecule has 1 aliphatic carbocycles. The first kappa shape index (κ1) is 12.3. The minimum absolute atomic E-state index is 0.0963. The summed E-state index contributed by atoms with van der Waals surface area (Å²) in [5.41, 5.74) is 0.0567. The predicted octanol–water partition coefficient (Wildman–Crippen LogP) is 2.34. The van der Waals surface area contributed by atoms with Gasteiger partial charge >= 0.3 is 0 Å². The Morgan fingerprint density at radius 1 is 1.47 bits per heavy atom. The molecule has 1 aliphatic rings. The van der Waals surface area contributed by atoms with Gasteiger partial charge in [0, 0.05) is 19.9 Å². The fourth-order valence-electron chi connectivity index (χ4n) is 2.67. The second-order valence-electron chi connectivity index (χ2n) is 4.66. The van der Waals surface area contributed by atoms with E-state index in [2.05, 4.69) is 5.10 Å². The minimum atomic E-state index is -0.596. The van der Waals surface area contributed by atoms with E-state index in [9.17, 15) is 4.79 Å². The quantitative estimate of drug-likeness (QED) is 0.754. The normalized spacial score (nSPS) is 19.2. The van der Waals surface area contributed by atoms with Gasteiger partial charge in [-0.2, -0.15) is 5.10 Å². The lowest BCUT2D eigenvalue weighted by Crippen LogP contribution is -2.44. The summed E-state index contributed by atoms with van der Waals surface area (Å²) in [6.07, 6.45) is 6.69. The van der Waals surface area contributed by atoms with Crippen LogP contribution in [-0.4, -0.2) is 27.8 Å². The van der Waals surface area contributed by atoms with Crippen LogP contribution < -0.4 is 0 Å². The Morgan fingerprint density at radius 3 is 2.71 bits per heavy atom. The van der Waals surface area contributed by atoms with Gasteiger partial charge < -0.3 is 4.74 Å². The summed E-state index contributed by atoms with van der Waals surface area (Å²) in [5.74, 6) is 0.0963. The average molecular weight is 236 g/mol. The molecule has 1 fully saturated rings. The number of hydrogen-bond donors (Lipinski definition) is 0. The van der Waals surface area contributed by atoms with Crippen LogP contribution in [0.4, 0.5) is 0 Å². The smallest absolute Gasteiger partial charge is 0.212 e. The van der Waals surface area contributed by atoms with Gasteiger partial charge in [0.2, 0.25) is 5.78 Å². The first-order valence-electron chi connectivity index (χ1n) is 6.36. The van der Waals surface area contributed by atoms with Crippen molar-refractivity contribution in [2.45, 2.75) is 44.6 Å². The fraction of sp³-hybridized carbons (Fsp3) is 0.692. The summed E-state index contributed by atoms with van der Waals surface area (Å²) in [4.78, 5) is 12.6. The molecule has 0 aliphatic heterocycles. The maximum atomic E-state index is 12.6. The highest BCUT2D eigenvalue weighted by Crippen LogP contribution is 2.34. The Morgan fingerprint density at radius 2 is 2.18 bits per heavy atom. The zero-order chi connectivity index (χ0) is 12.3. The van der Waals surface area contributed by atoms with E-state index in [4.69, 9.17) is 4.74 Å². The minimum Gasteiger partial charge on any atom is -0.367 e. The average Bonchev–Trinajstić information content (AvgIpc) is 2.76. The molecule has 1 aromatic rings. The lowest BCUT2D eigenvalue weighted by molar-refractivity contribution is -0.0416. The van der Waals surface area contributed by atoms with E-state index in [0.29, 0.717) is 12.3 Å². The Hall–Kier alpha value is -1.16. The summed E-state index contributed by atoms with van der Waals surface area (Å²) in [6.45, 7) is 2.54. The SMILES string of the molecule is CCOC1(C(=O)c2ccnn2C)CCCCC1. The van der Waals surface area contributed by atoms with Crippen molar-refractivity contribution in [2.24, 2.45) is 7.05 Å². The number of nitrogens with zero attached hydrogens (tertiary/aromatic N) is 2. The van der Waals surface area contributed by atoms with Gasteiger partial charge in [-0.05, 0) is 25.8 Å². The number of ether oxygens (including phenoxy) is 1. The van der Waals surface area contributed by atoms with Gasteiger partial charge in [-0.1, -0.05) is 19.3 Å². The van der Waals surface area contributed by atoms with E-state index in [-0.39, 0.29) is 5.78 Å². The number of carbonyl (C=O) groups is 1. The highest BCUT2D eigenvalue weighted by molar-refractivity contribution is 6.01. The maximum absolute atomic E-state index is 12.6. The van der Waals surface area contributed by atoms with Crippen molar-refractivity contribution < 1.29 is 9.53 Å². The Kier molecular flexibility index (Phi) is 3.62. The largest absolute Gasteiger partial charge is 0.367 e. The number of aromatic nitrogens is 2. The van der Waals surface area contributed by atoms with E-state index in [0.717, 1.165) is 25.7 Å². The molecule has 0 aromatic carbocycles. The lowest BCUT2D eigenvalue weighted by atomic mass is 9.80. The van der Waals surface area contributed by atoms with Gasteiger partial charge in [-0.25, -0.2) is 0 Å². The molecule has 0 atom stereocenters. The molecule has 1 aromatic heterocycles. The summed E-state index contributed by atoms with van der Waals surface area (Å²) < 4.78 is 7.46. The molecule has 0 radical (unpaired) electrons. The van der Waals surface area contributed by atoms with E-state index in [1.54, 1.807) is 24.0 Å². The summed E-state index contributed by atoms with van der Waals surface area (Å²) in [5, 5.41) is 4.06. The van der Waals surface area contributed by atoms with E-state index in [1.165, 1.54) is 6.42 Å². The molecule has 2 rings (SSSR count). The Labute approximate surface area is 102 Å². The van der Waals surface area contributed by atoms with Crippen molar-refractivity contribution in [3.63, 3.8) is 0 Å². The van der Waals surface area contributed by atoms with Gasteiger partial charge in [0.05, 0.1) is 0 Å². The Bertz CT molecular complexity index is 386. The summed E-state index contributed by atoms with van der Waals surface area (Å²) >= 11 is 0. The van der Waals surface area contributed by atoms with Crippen LogP contribution >= 0.6 is 0 Å². The molecule has 0 unspecified atom stereocenters. The summed E-state index contributed by atoms with van der Waals surface area (Å²) in [7, 11) is 1.80. The number of aryl methyl sites for hydroxylation is 1. The first-order valence-corrected chi connectivity index (χ1v) is 6.36. The number of Topliss-reactive ketones (excluding diaryl/α,β-unsaturated/α-hetero) is 1. The molecule has 0 spiro atoms. The molecule has 0 bridgehead atoms. The van der Waals surface area contributed by atoms with Crippen molar-refractivity contribution in [1.82, 2.24) is 9.78 Å². The third-order valence-electron chi connectivity index (χ3n) is 3.55. The van der Waals surface area contributed by atoms with Crippen molar-refractivity contribution >= 4 is 5.78 Å². The predicted molar refractivity (Wildman–Crippen MR) is 65.0 cm³/mol. The third-order valence-corrected chi connectivity index (χ3v) is 3.55. The van der Waals surface area contributed by atoms with Gasteiger partial charge in [-0.3, -0.25) is 9.48 Å². The van der Waals surface area contributed by atoms with E-state index in [1.807, 2.05) is 6.92 Å². The van der Waals surface area contributed by atoms with Crippen molar-refractivity contribution in [3.8, 4) is 0 Å². The van der Waals surface area contributed by atoms with Gasteiger partial charge in [-0.15, -0.1) is 0 Å². The number of rotatable bonds is 4. The number of carbonyl (C=O) groups excluding carboxylic acids is 1. The number of ketones is 1. The lowest BCUT2D eigenvalue weighted by Gasteiger charge is -2.35. The molecule has 0 saturated heterocycles. The van der Waals surface area contributed by atoms with Crippen LogP contribution in [0.2, 0.25) is 0 Å². The van der Waals surface area contributed by atoms with Crippen molar-refractivity contribution in [1.29, 1.82) is 0 Å². The van der Waals surface area contributed by atoms with Gasteiger partial charge in [0.1, 0.15) is 11.3 Å². The van der Waals surface area contributed by atoms with E-state index >= 15 is 0 Å². The molecule has 94 valence electrons. The zero-order valence-corrected chi connectivity index (χ0v) is 10.6. The second kappa shape index (κ2) is 5.00. The molecule has 4 heteroatoms. The Balaban J connectivity index is 2.27. The van der Waals surface area contributed by atoms with Gasteiger partial charge in [0.25, 0.3) is 0 Å². The highest BCUT2D eigenvalue weighted by Gasteiger charge is 2.41. The van der Waals surface area contributed by atoms with Crippen LogP contribution in [0.15, 0.2) is 12.3 Å². The standard InChI is InChI=1S/C13H20N2O2/c1-3-17-13(8-5-4-6-9-13)12(16)11-7-10-14-15(11)2/h7,10H,3-6,8-9H2,1-2H3. The van der Waals surface area contributed by atoms with Crippen LogP contribution in [0.5, 0.6) is 0 Å². The molecular formula is C13H20N2O2. The topological polar surface area (TPSA) is 44.1 Å². The number of hydrogen-bond acceptors (Lipinski definition) is 3. The van der Waals surface area contributed by atoms with Crippen molar-refractivity contribution in [3.05, 3.63) is 18.0 Å². The monoisotopic (exact) mass is 236 g/mol. The van der Waals surface area contributed by atoms with Crippen molar-refractivity contribution in [2.75, 3.05) is 6.61 Å². The van der Waals surface area contributed by atoms with Crippen LogP contribution in [0, 0.1) is 0 Å². The van der Waals surface area contributed by atoms with Crippen LogP contribution in [0.25, 0.3) is 0 Å². The molecule has 17 heavy (non-hydrogen) atoms. The first-order chi connectivity index (χ1) is 8.19. The fourth-order valence-corrected chi connectivity index (χ4v) is 2.67. The van der Waals surface area contributed by atoms with Crippen LogP contribution in [0.1, 0.15) is 49.5 Å². The highest BCUT2D eigenvalue weighted by atomic mass is 16.5. The molecule has 4 nitrogen and oxygen atoms in total. The maximum Gasteiger partial charge on any atom is 0.212 e. The molecule has 0 N–H and O–H groups in total. The third kappa shape index (κ3) is 2.27. The molecule has 0 amide bonds. The zero-order valence-electron chi connectivity index (χ0n) is 10.6. The summed E-state index contributed by atoms with van der Waals surface area (Å²) in [6, 6.07) is 1.78. The van der Waals surface area contributed by atoms with Gasteiger partial charge in [0.15, 0.2) is 0 Å². The van der Waals surface area contributed by atoms with Crippen LogP contribution in [-0.2, 0) is 11.8 Å². The molecule has 1 heterocycles. The van der Waals surface area contributed by atoms with Crippen LogP contribution in [0.3, 0.4) is 0 Å². The second-order valence-corrected chi connectivity index (χ2v) is 4.66. The molecule has 1 saturated carbocycles. The van der Waals surface area contributed by atoms with E-state index < -0.39 is 5.60 Å².